The van der Waals surface area contributed by atoms with E-state index in [0.29, 0.717) is 12.8 Å². The quantitative estimate of drug-likeness (QED) is 0.682. The van der Waals surface area contributed by atoms with E-state index in [-0.39, 0.29) is 6.03 Å². The number of nitrogens with one attached hydrogen (secondary N) is 2. The number of benzene rings is 2. The molecule has 0 bridgehead atoms. The topological polar surface area (TPSA) is 81.6 Å². The molecule has 1 fully saturated rings. The third-order valence-electron chi connectivity index (χ3n) is 4.40. The van der Waals surface area contributed by atoms with Crippen LogP contribution in [0.2, 0.25) is 0 Å². The lowest BCUT2D eigenvalue weighted by Gasteiger charge is -2.27. The van der Waals surface area contributed by atoms with E-state index in [1.807, 2.05) is 60.7 Å². The first-order valence-corrected chi connectivity index (χ1v) is 8.14. The number of urea groups is 1. The number of aliphatic hydroxyl groups is 2. The van der Waals surface area contributed by atoms with Crippen molar-refractivity contribution in [1.82, 2.24) is 10.6 Å². The Morgan fingerprint density at radius 2 is 1.08 bits per heavy atom. The number of hydrogen-bond donors (Lipinski definition) is 4. The molecular weight excluding hydrogens is 304 g/mol. The van der Waals surface area contributed by atoms with Gasteiger partial charge in [-0.1, -0.05) is 60.7 Å². The SMILES string of the molecule is O=C1N[C@@H](Cc2ccccc2)[C@H](O)[C@@H](O)[C@@H](Cc2ccccc2)N1. The van der Waals surface area contributed by atoms with Gasteiger partial charge in [0.15, 0.2) is 0 Å². The van der Waals surface area contributed by atoms with Crippen LogP contribution in [0.1, 0.15) is 11.1 Å². The predicted octanol–water partition coefficient (Wildman–Crippen LogP) is 1.24. The maximum absolute atomic E-state index is 12.1. The summed E-state index contributed by atoms with van der Waals surface area (Å²) in [6.07, 6.45) is -1.16. The Hall–Kier alpha value is -2.37. The van der Waals surface area contributed by atoms with Crippen molar-refractivity contribution in [3.63, 3.8) is 0 Å². The van der Waals surface area contributed by atoms with Gasteiger partial charge in [-0.3, -0.25) is 0 Å². The Balaban J connectivity index is 1.73. The van der Waals surface area contributed by atoms with Gasteiger partial charge >= 0.3 is 6.03 Å². The van der Waals surface area contributed by atoms with Crippen LogP contribution in [0.25, 0.3) is 0 Å². The zero-order valence-corrected chi connectivity index (χ0v) is 13.3. The predicted molar refractivity (Wildman–Crippen MR) is 91.5 cm³/mol. The van der Waals surface area contributed by atoms with E-state index >= 15 is 0 Å². The number of amides is 2. The molecule has 0 spiro atoms. The van der Waals surface area contributed by atoms with Gasteiger partial charge in [0.25, 0.3) is 0 Å². The molecule has 4 N–H and O–H groups in total. The molecule has 1 saturated heterocycles. The van der Waals surface area contributed by atoms with Gasteiger partial charge in [-0.15, -0.1) is 0 Å². The van der Waals surface area contributed by atoms with Gasteiger partial charge in [0.2, 0.25) is 0 Å². The minimum Gasteiger partial charge on any atom is -0.388 e. The van der Waals surface area contributed by atoms with Gasteiger partial charge in [0, 0.05) is 0 Å². The third-order valence-corrected chi connectivity index (χ3v) is 4.40. The van der Waals surface area contributed by atoms with Crippen LogP contribution in [0.4, 0.5) is 4.79 Å². The molecular formula is C19H22N2O3. The summed E-state index contributed by atoms with van der Waals surface area (Å²) >= 11 is 0. The average molecular weight is 326 g/mol. The molecule has 0 unspecified atom stereocenters. The highest BCUT2D eigenvalue weighted by molar-refractivity contribution is 5.75. The minimum absolute atomic E-state index is 0.368. The number of carbonyl (C=O) groups is 1. The second-order valence-corrected chi connectivity index (χ2v) is 6.19. The molecule has 1 aliphatic rings. The second-order valence-electron chi connectivity index (χ2n) is 6.19. The van der Waals surface area contributed by atoms with Crippen LogP contribution in [0.15, 0.2) is 60.7 Å². The summed E-state index contributed by atoms with van der Waals surface area (Å²) in [5.41, 5.74) is 1.99. The van der Waals surface area contributed by atoms with Crippen molar-refractivity contribution < 1.29 is 15.0 Å². The molecule has 126 valence electrons. The number of aliphatic hydroxyl groups excluding tert-OH is 2. The van der Waals surface area contributed by atoms with E-state index in [1.165, 1.54) is 0 Å². The van der Waals surface area contributed by atoms with E-state index < -0.39 is 24.3 Å². The molecule has 0 aromatic heterocycles. The van der Waals surface area contributed by atoms with Crippen molar-refractivity contribution in [2.24, 2.45) is 0 Å². The zero-order chi connectivity index (χ0) is 16.9. The van der Waals surface area contributed by atoms with Crippen LogP contribution in [-0.2, 0) is 12.8 Å². The summed E-state index contributed by atoms with van der Waals surface area (Å²) in [4.78, 5) is 12.1. The van der Waals surface area contributed by atoms with Gasteiger partial charge in [-0.2, -0.15) is 0 Å². The molecule has 2 amide bonds. The summed E-state index contributed by atoms with van der Waals surface area (Å²) in [5, 5.41) is 26.6. The normalized spacial score (nSPS) is 27.0. The molecule has 4 atom stereocenters. The second kappa shape index (κ2) is 7.47. The van der Waals surface area contributed by atoms with E-state index in [1.54, 1.807) is 0 Å². The molecule has 5 nitrogen and oxygen atoms in total. The summed E-state index contributed by atoms with van der Waals surface area (Å²) in [5.74, 6) is 0. The maximum Gasteiger partial charge on any atom is 0.315 e. The summed E-state index contributed by atoms with van der Waals surface area (Å²) in [6.45, 7) is 0. The standard InChI is InChI=1S/C19H22N2O3/c22-17-15(11-13-7-3-1-4-8-13)20-19(24)21-16(18(17)23)12-14-9-5-2-6-10-14/h1-10,15-18,22-23H,11-12H2,(H2,20,21,24)/t15-,16+,17-,18-/m0/s1. The Bertz CT molecular complexity index is 605. The summed E-state index contributed by atoms with van der Waals surface area (Å²) < 4.78 is 0. The molecule has 1 heterocycles. The minimum atomic E-state index is -1.04. The Kier molecular flexibility index (Phi) is 5.13. The van der Waals surface area contributed by atoms with E-state index in [9.17, 15) is 15.0 Å². The first kappa shape index (κ1) is 16.5. The monoisotopic (exact) mass is 326 g/mol. The molecule has 0 radical (unpaired) electrons. The smallest absolute Gasteiger partial charge is 0.315 e. The van der Waals surface area contributed by atoms with Crippen molar-refractivity contribution in [1.29, 1.82) is 0 Å². The van der Waals surface area contributed by atoms with E-state index in [4.69, 9.17) is 0 Å². The van der Waals surface area contributed by atoms with E-state index in [0.717, 1.165) is 11.1 Å². The fourth-order valence-corrected chi connectivity index (χ4v) is 3.10. The lowest BCUT2D eigenvalue weighted by Crippen LogP contribution is -2.49. The van der Waals surface area contributed by atoms with Crippen molar-refractivity contribution in [3.05, 3.63) is 71.8 Å². The van der Waals surface area contributed by atoms with Crippen LogP contribution < -0.4 is 10.6 Å². The van der Waals surface area contributed by atoms with Gasteiger partial charge in [-0.05, 0) is 24.0 Å². The fraction of sp³-hybridized carbons (Fsp3) is 0.316. The molecule has 2 aromatic carbocycles. The van der Waals surface area contributed by atoms with Gasteiger partial charge < -0.3 is 20.8 Å². The zero-order valence-electron chi connectivity index (χ0n) is 13.3. The Labute approximate surface area is 141 Å². The lowest BCUT2D eigenvalue weighted by molar-refractivity contribution is -0.0116. The number of rotatable bonds is 4. The molecule has 1 aliphatic heterocycles. The van der Waals surface area contributed by atoms with Crippen LogP contribution >= 0.6 is 0 Å². The number of hydrogen-bond acceptors (Lipinski definition) is 3. The highest BCUT2D eigenvalue weighted by atomic mass is 16.3. The first-order valence-electron chi connectivity index (χ1n) is 8.14. The summed E-state index contributed by atoms with van der Waals surface area (Å²) in [7, 11) is 0. The van der Waals surface area contributed by atoms with Crippen molar-refractivity contribution in [2.75, 3.05) is 0 Å². The molecule has 2 aromatic rings. The first-order chi connectivity index (χ1) is 11.6. The van der Waals surface area contributed by atoms with Gasteiger partial charge in [0.1, 0.15) is 12.2 Å². The summed E-state index contributed by atoms with van der Waals surface area (Å²) in [6, 6.07) is 17.8. The van der Waals surface area contributed by atoms with Crippen LogP contribution in [0.5, 0.6) is 0 Å². The molecule has 24 heavy (non-hydrogen) atoms. The third kappa shape index (κ3) is 3.93. The van der Waals surface area contributed by atoms with Crippen molar-refractivity contribution in [2.45, 2.75) is 37.1 Å². The van der Waals surface area contributed by atoms with Gasteiger partial charge in [0.05, 0.1) is 12.1 Å². The molecule has 0 saturated carbocycles. The van der Waals surface area contributed by atoms with Gasteiger partial charge in [-0.25, -0.2) is 4.79 Å². The Morgan fingerprint density at radius 1 is 0.708 bits per heavy atom. The van der Waals surface area contributed by atoms with Crippen molar-refractivity contribution in [3.8, 4) is 0 Å². The van der Waals surface area contributed by atoms with Crippen LogP contribution in [0.3, 0.4) is 0 Å². The average Bonchev–Trinajstić information content (AvgIpc) is 2.69. The van der Waals surface area contributed by atoms with Crippen molar-refractivity contribution >= 4 is 6.03 Å². The molecule has 5 heteroatoms. The number of carbonyl (C=O) groups excluding carboxylic acids is 1. The van der Waals surface area contributed by atoms with Crippen LogP contribution in [-0.4, -0.2) is 40.5 Å². The molecule has 3 rings (SSSR count). The molecule has 0 aliphatic carbocycles. The highest BCUT2D eigenvalue weighted by Crippen LogP contribution is 2.16. The largest absolute Gasteiger partial charge is 0.388 e. The Morgan fingerprint density at radius 3 is 1.46 bits per heavy atom. The lowest BCUT2D eigenvalue weighted by atomic mass is 9.92. The fourth-order valence-electron chi connectivity index (χ4n) is 3.10. The van der Waals surface area contributed by atoms with E-state index in [2.05, 4.69) is 10.6 Å². The highest BCUT2D eigenvalue weighted by Gasteiger charge is 2.37. The maximum atomic E-state index is 12.1. The van der Waals surface area contributed by atoms with Crippen LogP contribution in [0, 0.1) is 0 Å².